The maximum atomic E-state index is 10.7. The van der Waals surface area contributed by atoms with E-state index in [1.54, 1.807) is 0 Å². The van der Waals surface area contributed by atoms with Gasteiger partial charge >= 0.3 is 0 Å². The molecule has 0 saturated heterocycles. The maximum absolute atomic E-state index is 10.7. The minimum absolute atomic E-state index is 0.114. The summed E-state index contributed by atoms with van der Waals surface area (Å²) in [5, 5.41) is 0. The Hall–Kier alpha value is -1.20. The number of hydrogen-bond acceptors (Lipinski definition) is 5. The van der Waals surface area contributed by atoms with Crippen molar-refractivity contribution in [3.8, 4) is 0 Å². The van der Waals surface area contributed by atoms with Gasteiger partial charge in [0.15, 0.2) is 4.34 Å². The number of thioether (sulfide) groups is 1. The van der Waals surface area contributed by atoms with Crippen molar-refractivity contribution < 1.29 is 9.59 Å². The lowest BCUT2D eigenvalue weighted by Crippen LogP contribution is -2.00. The molecule has 0 aliphatic carbocycles. The van der Waals surface area contributed by atoms with E-state index in [-0.39, 0.29) is 5.75 Å². The van der Waals surface area contributed by atoms with Gasteiger partial charge in [-0.3, -0.25) is 9.59 Å². The first-order chi connectivity index (χ1) is 7.29. The van der Waals surface area contributed by atoms with E-state index in [0.717, 1.165) is 14.6 Å². The average molecular weight is 236 g/mol. The molecular formula is C10H6NO2S2. The van der Waals surface area contributed by atoms with Gasteiger partial charge in [0.1, 0.15) is 0 Å². The van der Waals surface area contributed by atoms with Crippen LogP contribution in [0.4, 0.5) is 0 Å². The van der Waals surface area contributed by atoms with Crippen molar-refractivity contribution >= 4 is 45.4 Å². The third-order valence-electron chi connectivity index (χ3n) is 1.71. The first-order valence-corrected chi connectivity index (χ1v) is 5.99. The molecule has 0 bridgehead atoms. The minimum atomic E-state index is -0.528. The van der Waals surface area contributed by atoms with Gasteiger partial charge in [0.2, 0.25) is 5.78 Å². The van der Waals surface area contributed by atoms with Crippen molar-refractivity contribution in [3.63, 3.8) is 0 Å². The highest BCUT2D eigenvalue weighted by atomic mass is 32.2. The van der Waals surface area contributed by atoms with Crippen LogP contribution < -0.4 is 0 Å². The number of fused-ring (bicyclic) bond motifs is 1. The van der Waals surface area contributed by atoms with Crippen LogP contribution in [0.2, 0.25) is 0 Å². The predicted octanol–water partition coefficient (Wildman–Crippen LogP) is 2.07. The van der Waals surface area contributed by atoms with Gasteiger partial charge in [-0.15, -0.1) is 11.3 Å². The van der Waals surface area contributed by atoms with Crippen molar-refractivity contribution in [2.45, 2.75) is 4.34 Å². The molecular weight excluding hydrogens is 230 g/mol. The summed E-state index contributed by atoms with van der Waals surface area (Å²) in [6.45, 7) is 0. The molecule has 15 heavy (non-hydrogen) atoms. The second kappa shape index (κ2) is 4.55. The van der Waals surface area contributed by atoms with Crippen molar-refractivity contribution in [1.29, 1.82) is 0 Å². The predicted molar refractivity (Wildman–Crippen MR) is 61.0 cm³/mol. The zero-order valence-electron chi connectivity index (χ0n) is 7.60. The Bertz CT molecular complexity index is 474. The molecule has 1 heterocycles. The molecule has 0 aliphatic heterocycles. The van der Waals surface area contributed by atoms with Crippen molar-refractivity contribution in [3.05, 3.63) is 24.3 Å². The topological polar surface area (TPSA) is 47.0 Å². The van der Waals surface area contributed by atoms with Crippen LogP contribution >= 0.6 is 23.1 Å². The van der Waals surface area contributed by atoms with Crippen LogP contribution in [0.25, 0.3) is 10.2 Å². The van der Waals surface area contributed by atoms with E-state index in [9.17, 15) is 9.59 Å². The lowest BCUT2D eigenvalue weighted by molar-refractivity contribution is -0.110. The lowest BCUT2D eigenvalue weighted by atomic mass is 10.3. The number of carbonyl (C=O) groups is 1. The number of Topliss-reactive ketones (excluding diaryl/α,β-unsaturated/α-hetero) is 1. The molecule has 2 aromatic rings. The van der Waals surface area contributed by atoms with Crippen LogP contribution in [0, 0.1) is 0 Å². The van der Waals surface area contributed by atoms with Gasteiger partial charge in [0.05, 0.1) is 16.0 Å². The molecule has 0 amide bonds. The number of rotatable bonds is 4. The monoisotopic (exact) mass is 236 g/mol. The van der Waals surface area contributed by atoms with Crippen LogP contribution in [0.15, 0.2) is 28.6 Å². The van der Waals surface area contributed by atoms with Gasteiger partial charge in [-0.25, -0.2) is 4.98 Å². The number of para-hydroxylation sites is 1. The van der Waals surface area contributed by atoms with Crippen LogP contribution in [0.3, 0.4) is 0 Å². The van der Waals surface area contributed by atoms with Gasteiger partial charge in [-0.05, 0) is 12.1 Å². The van der Waals surface area contributed by atoms with E-state index >= 15 is 0 Å². The number of nitrogens with zero attached hydrogens (tertiary/aromatic N) is 1. The van der Waals surface area contributed by atoms with E-state index in [4.69, 9.17) is 0 Å². The summed E-state index contributed by atoms with van der Waals surface area (Å²) in [5.41, 5.74) is 0.924. The van der Waals surface area contributed by atoms with E-state index < -0.39 is 5.78 Å². The maximum Gasteiger partial charge on any atom is 0.273 e. The molecule has 1 radical (unpaired) electrons. The number of ketones is 1. The molecule has 75 valence electrons. The molecule has 2 rings (SSSR count). The molecule has 0 N–H and O–H groups in total. The zero-order valence-corrected chi connectivity index (χ0v) is 9.23. The molecule has 0 unspecified atom stereocenters. The van der Waals surface area contributed by atoms with Crippen LogP contribution in [0.5, 0.6) is 0 Å². The van der Waals surface area contributed by atoms with Gasteiger partial charge < -0.3 is 0 Å². The molecule has 3 nitrogen and oxygen atoms in total. The Morgan fingerprint density at radius 1 is 1.47 bits per heavy atom. The molecule has 5 heteroatoms. The molecule has 0 aliphatic rings. The fourth-order valence-electron chi connectivity index (χ4n) is 1.07. The normalized spacial score (nSPS) is 10.4. The van der Waals surface area contributed by atoms with Crippen molar-refractivity contribution in [2.24, 2.45) is 0 Å². The van der Waals surface area contributed by atoms with Gasteiger partial charge in [0.25, 0.3) is 6.29 Å². The lowest BCUT2D eigenvalue weighted by Gasteiger charge is -1.88. The van der Waals surface area contributed by atoms with Crippen molar-refractivity contribution in [1.82, 2.24) is 4.98 Å². The minimum Gasteiger partial charge on any atom is -0.289 e. The molecule has 1 aromatic heterocycles. The molecule has 0 spiro atoms. The number of aromatic nitrogens is 1. The fraction of sp³-hybridized carbons (Fsp3) is 0.100. The summed E-state index contributed by atoms with van der Waals surface area (Å²) < 4.78 is 1.89. The van der Waals surface area contributed by atoms with Crippen LogP contribution in [-0.4, -0.2) is 22.8 Å². The highest BCUT2D eigenvalue weighted by Crippen LogP contribution is 2.28. The van der Waals surface area contributed by atoms with Gasteiger partial charge in [0, 0.05) is 0 Å². The summed E-state index contributed by atoms with van der Waals surface area (Å²) in [4.78, 5) is 25.0. The second-order valence-electron chi connectivity index (χ2n) is 2.76. The van der Waals surface area contributed by atoms with Crippen molar-refractivity contribution in [2.75, 3.05) is 5.75 Å². The Morgan fingerprint density at radius 3 is 3.00 bits per heavy atom. The Kier molecular flexibility index (Phi) is 3.13. The number of carbonyl (C=O) groups excluding carboxylic acids is 2. The summed E-state index contributed by atoms with van der Waals surface area (Å²) >= 11 is 2.79. The largest absolute Gasteiger partial charge is 0.289 e. The van der Waals surface area contributed by atoms with E-state index in [1.807, 2.05) is 24.3 Å². The third kappa shape index (κ3) is 2.43. The zero-order chi connectivity index (χ0) is 10.7. The first kappa shape index (κ1) is 10.3. The standard InChI is InChI=1S/C10H6NO2S2/c12-5-7(13)6-14-10-11-8-3-1-2-4-9(8)15-10/h1-4H,6H2. The molecule has 0 atom stereocenters. The van der Waals surface area contributed by atoms with Crippen LogP contribution in [0.1, 0.15) is 0 Å². The SMILES string of the molecule is O=[C]C(=O)CSc1nc2ccccc2s1. The van der Waals surface area contributed by atoms with E-state index in [0.29, 0.717) is 0 Å². The number of benzene rings is 1. The summed E-state index contributed by atoms with van der Waals surface area (Å²) in [6.07, 6.45) is 1.34. The molecule has 0 fully saturated rings. The highest BCUT2D eigenvalue weighted by molar-refractivity contribution is 8.01. The van der Waals surface area contributed by atoms with E-state index in [1.165, 1.54) is 29.4 Å². The average Bonchev–Trinajstić information content (AvgIpc) is 2.68. The van der Waals surface area contributed by atoms with Gasteiger partial charge in [-0.2, -0.15) is 0 Å². The Morgan fingerprint density at radius 2 is 2.27 bits per heavy atom. The second-order valence-corrected chi connectivity index (χ2v) is 5.01. The molecule has 0 saturated carbocycles. The Labute approximate surface area is 94.5 Å². The highest BCUT2D eigenvalue weighted by Gasteiger charge is 2.06. The number of thiazole rings is 1. The quantitative estimate of drug-likeness (QED) is 0.602. The summed E-state index contributed by atoms with van der Waals surface area (Å²) in [7, 11) is 0. The summed E-state index contributed by atoms with van der Waals surface area (Å²) in [6, 6.07) is 7.76. The molecule has 1 aromatic carbocycles. The Balaban J connectivity index is 2.15. The van der Waals surface area contributed by atoms with E-state index in [2.05, 4.69) is 4.98 Å². The van der Waals surface area contributed by atoms with Gasteiger partial charge in [-0.1, -0.05) is 23.9 Å². The fourth-order valence-corrected chi connectivity index (χ4v) is 2.92. The number of hydrogen-bond donors (Lipinski definition) is 0. The third-order valence-corrected chi connectivity index (χ3v) is 3.89. The summed E-state index contributed by atoms with van der Waals surface area (Å²) in [5.74, 6) is -0.414. The first-order valence-electron chi connectivity index (χ1n) is 4.19. The smallest absolute Gasteiger partial charge is 0.273 e. The van der Waals surface area contributed by atoms with Crippen LogP contribution in [-0.2, 0) is 9.59 Å².